The second-order valence-corrected chi connectivity index (χ2v) is 5.49. The average molecular weight is 330 g/mol. The van der Waals surface area contributed by atoms with E-state index < -0.39 is 5.82 Å². The maximum Gasteiger partial charge on any atom is 0.259 e. The van der Waals surface area contributed by atoms with E-state index in [9.17, 15) is 9.18 Å². The molecule has 2 aromatic carbocycles. The second-order valence-electron chi connectivity index (χ2n) is 5.05. The first-order chi connectivity index (χ1) is 11.0. The number of hydrogen-bond acceptors (Lipinski definition) is 2. The van der Waals surface area contributed by atoms with E-state index >= 15 is 0 Å². The monoisotopic (exact) mass is 329 g/mol. The normalized spacial score (nSPS) is 10.6. The summed E-state index contributed by atoms with van der Waals surface area (Å²) in [5, 5.41) is 3.28. The fourth-order valence-corrected chi connectivity index (χ4v) is 2.35. The van der Waals surface area contributed by atoms with E-state index in [-0.39, 0.29) is 5.91 Å². The van der Waals surface area contributed by atoms with Gasteiger partial charge in [0.05, 0.1) is 5.56 Å². The molecule has 0 aliphatic carbocycles. The Bertz CT molecular complexity index is 856. The van der Waals surface area contributed by atoms with Crippen LogP contribution < -0.4 is 5.32 Å². The molecule has 0 radical (unpaired) electrons. The van der Waals surface area contributed by atoms with Gasteiger partial charge in [0.1, 0.15) is 17.3 Å². The molecule has 0 saturated heterocycles. The van der Waals surface area contributed by atoms with Crippen LogP contribution in [0, 0.1) is 12.7 Å². The Morgan fingerprint density at radius 3 is 2.57 bits per heavy atom. The van der Waals surface area contributed by atoms with Crippen molar-refractivity contribution in [1.82, 2.24) is 0 Å². The quantitative estimate of drug-likeness (QED) is 0.708. The van der Waals surface area contributed by atoms with Crippen LogP contribution in [0.3, 0.4) is 0 Å². The minimum absolute atomic E-state index is 0.350. The number of nitrogens with one attached hydrogen (secondary N) is 1. The number of rotatable bonds is 3. The van der Waals surface area contributed by atoms with Gasteiger partial charge >= 0.3 is 0 Å². The Hall–Kier alpha value is -2.59. The zero-order chi connectivity index (χ0) is 16.4. The van der Waals surface area contributed by atoms with E-state index in [1.165, 1.54) is 18.2 Å². The molecule has 23 heavy (non-hydrogen) atoms. The van der Waals surface area contributed by atoms with Crippen LogP contribution in [0.25, 0.3) is 11.3 Å². The van der Waals surface area contributed by atoms with Crippen molar-refractivity contribution in [2.45, 2.75) is 6.92 Å². The molecule has 0 atom stereocenters. The lowest BCUT2D eigenvalue weighted by Gasteiger charge is -2.03. The predicted octanol–water partition coefficient (Wildman–Crippen LogP) is 5.30. The number of anilines is 1. The van der Waals surface area contributed by atoms with Crippen LogP contribution in [0.15, 0.2) is 59.0 Å². The summed E-state index contributed by atoms with van der Waals surface area (Å²) in [6.07, 6.45) is 0. The molecule has 0 spiro atoms. The lowest BCUT2D eigenvalue weighted by molar-refractivity contribution is 0.102. The highest BCUT2D eigenvalue weighted by Gasteiger charge is 2.16. The average Bonchev–Trinajstić information content (AvgIpc) is 2.90. The highest BCUT2D eigenvalue weighted by atomic mass is 35.5. The van der Waals surface area contributed by atoms with Crippen LogP contribution >= 0.6 is 11.6 Å². The Kier molecular flexibility index (Phi) is 4.17. The summed E-state index contributed by atoms with van der Waals surface area (Å²) in [4.78, 5) is 12.3. The number of halogens is 2. The van der Waals surface area contributed by atoms with Crippen LogP contribution in [-0.2, 0) is 0 Å². The topological polar surface area (TPSA) is 42.2 Å². The number of amides is 1. The van der Waals surface area contributed by atoms with Gasteiger partial charge in [-0.2, -0.15) is 0 Å². The number of carbonyl (C=O) groups excluding carboxylic acids is 1. The summed E-state index contributed by atoms with van der Waals surface area (Å²) in [5.41, 5.74) is 1.62. The molecule has 3 nitrogen and oxygen atoms in total. The first kappa shape index (κ1) is 15.3. The molecule has 116 valence electrons. The Labute approximate surface area is 137 Å². The van der Waals surface area contributed by atoms with Crippen molar-refractivity contribution in [1.29, 1.82) is 0 Å². The van der Waals surface area contributed by atoms with Crippen molar-refractivity contribution >= 4 is 23.2 Å². The molecular weight excluding hydrogens is 317 g/mol. The minimum atomic E-state index is -0.409. The molecule has 1 N–H and O–H groups in total. The zero-order valence-electron chi connectivity index (χ0n) is 12.3. The van der Waals surface area contributed by atoms with Crippen LogP contribution in [0.5, 0.6) is 0 Å². The third-order valence-corrected chi connectivity index (χ3v) is 3.63. The first-order valence-corrected chi connectivity index (χ1v) is 7.34. The SMILES string of the molecule is Cc1oc(-c2ccc(Cl)cc2)cc1C(=O)Nc1cccc(F)c1. The fraction of sp³-hybridized carbons (Fsp3) is 0.0556. The third-order valence-electron chi connectivity index (χ3n) is 3.37. The van der Waals surface area contributed by atoms with E-state index in [0.717, 1.165) is 5.56 Å². The minimum Gasteiger partial charge on any atom is -0.461 e. The molecule has 1 heterocycles. The molecule has 1 aromatic heterocycles. The number of aryl methyl sites for hydroxylation is 1. The van der Waals surface area contributed by atoms with E-state index in [2.05, 4.69) is 5.32 Å². The van der Waals surface area contributed by atoms with Gasteiger partial charge in [0.25, 0.3) is 5.91 Å². The van der Waals surface area contributed by atoms with Crippen molar-refractivity contribution in [3.63, 3.8) is 0 Å². The first-order valence-electron chi connectivity index (χ1n) is 6.96. The van der Waals surface area contributed by atoms with Gasteiger partial charge in [-0.1, -0.05) is 17.7 Å². The van der Waals surface area contributed by atoms with E-state index in [1.807, 2.05) is 12.1 Å². The number of carbonyl (C=O) groups is 1. The standard InChI is InChI=1S/C18H13ClFNO2/c1-11-16(18(22)21-15-4-2-3-14(20)9-15)10-17(23-11)12-5-7-13(19)8-6-12/h2-10H,1H3,(H,21,22). The maximum absolute atomic E-state index is 13.2. The maximum atomic E-state index is 13.2. The molecule has 3 aromatic rings. The van der Waals surface area contributed by atoms with Gasteiger partial charge < -0.3 is 9.73 Å². The van der Waals surface area contributed by atoms with Crippen LogP contribution in [0.4, 0.5) is 10.1 Å². The summed E-state index contributed by atoms with van der Waals surface area (Å²) in [6.45, 7) is 1.71. The molecule has 5 heteroatoms. The van der Waals surface area contributed by atoms with Gasteiger partial charge in [-0.05, 0) is 55.5 Å². The number of furan rings is 1. The Morgan fingerprint density at radius 2 is 1.87 bits per heavy atom. The van der Waals surface area contributed by atoms with E-state index in [1.54, 1.807) is 31.2 Å². The number of hydrogen-bond donors (Lipinski definition) is 1. The molecular formula is C18H13ClFNO2. The second kappa shape index (κ2) is 6.26. The van der Waals surface area contributed by atoms with Crippen molar-refractivity contribution < 1.29 is 13.6 Å². The van der Waals surface area contributed by atoms with E-state index in [4.69, 9.17) is 16.0 Å². The molecule has 3 rings (SSSR count). The summed E-state index contributed by atoms with van der Waals surface area (Å²) in [5.74, 6) is 0.304. The molecule has 0 aliphatic heterocycles. The molecule has 0 fully saturated rings. The molecule has 0 saturated carbocycles. The summed E-state index contributed by atoms with van der Waals surface area (Å²) >= 11 is 5.86. The van der Waals surface area contributed by atoms with Crippen LogP contribution in [-0.4, -0.2) is 5.91 Å². The molecule has 0 aliphatic rings. The van der Waals surface area contributed by atoms with Gasteiger partial charge in [-0.25, -0.2) is 4.39 Å². The van der Waals surface area contributed by atoms with E-state index in [0.29, 0.717) is 27.8 Å². The summed E-state index contributed by atoms with van der Waals surface area (Å²) in [6, 6.07) is 14.5. The van der Waals surface area contributed by atoms with Gasteiger partial charge in [-0.3, -0.25) is 4.79 Å². The molecule has 0 bridgehead atoms. The van der Waals surface area contributed by atoms with Crippen LogP contribution in [0.1, 0.15) is 16.1 Å². The fourth-order valence-electron chi connectivity index (χ4n) is 2.23. The van der Waals surface area contributed by atoms with Gasteiger partial charge in [0, 0.05) is 16.3 Å². The third kappa shape index (κ3) is 3.43. The summed E-state index contributed by atoms with van der Waals surface area (Å²) < 4.78 is 18.8. The largest absolute Gasteiger partial charge is 0.461 e. The Morgan fingerprint density at radius 1 is 1.13 bits per heavy atom. The van der Waals surface area contributed by atoms with Crippen LogP contribution in [0.2, 0.25) is 5.02 Å². The van der Waals surface area contributed by atoms with Gasteiger partial charge in [0.2, 0.25) is 0 Å². The van der Waals surface area contributed by atoms with Crippen molar-refractivity contribution in [2.24, 2.45) is 0 Å². The number of benzene rings is 2. The molecule has 0 unspecified atom stereocenters. The summed E-state index contributed by atoms with van der Waals surface area (Å²) in [7, 11) is 0. The predicted molar refractivity (Wildman–Crippen MR) is 88.2 cm³/mol. The van der Waals surface area contributed by atoms with Gasteiger partial charge in [0.15, 0.2) is 0 Å². The van der Waals surface area contributed by atoms with Crippen molar-refractivity contribution in [3.05, 3.63) is 76.8 Å². The van der Waals surface area contributed by atoms with Gasteiger partial charge in [-0.15, -0.1) is 0 Å². The molecule has 1 amide bonds. The lowest BCUT2D eigenvalue weighted by Crippen LogP contribution is -2.12. The Balaban J connectivity index is 1.85. The highest BCUT2D eigenvalue weighted by Crippen LogP contribution is 2.27. The van der Waals surface area contributed by atoms with Crippen molar-refractivity contribution in [3.8, 4) is 11.3 Å². The lowest BCUT2D eigenvalue weighted by atomic mass is 10.1. The highest BCUT2D eigenvalue weighted by molar-refractivity contribution is 6.30. The van der Waals surface area contributed by atoms with Crippen molar-refractivity contribution in [2.75, 3.05) is 5.32 Å². The smallest absolute Gasteiger partial charge is 0.259 e. The zero-order valence-corrected chi connectivity index (χ0v) is 13.0.